The molecule has 2 rings (SSSR count). The number of thiazole rings is 1. The minimum absolute atomic E-state index is 0.114. The molecule has 0 amide bonds. The first-order chi connectivity index (χ1) is 8.21. The minimum atomic E-state index is -4.53. The molecule has 0 aliphatic carbocycles. The van der Waals surface area contributed by atoms with Crippen LogP contribution in [0.2, 0.25) is 0 Å². The van der Waals surface area contributed by atoms with E-state index < -0.39 is 23.2 Å². The Bertz CT molecular complexity index is 657. The van der Waals surface area contributed by atoms with Crippen molar-refractivity contribution in [2.24, 2.45) is 0 Å². The fraction of sp³-hybridized carbons (Fsp3) is 0.400. The Morgan fingerprint density at radius 2 is 2.00 bits per heavy atom. The first kappa shape index (κ1) is 13.4. The maximum absolute atomic E-state index is 13.1. The van der Waals surface area contributed by atoms with Gasteiger partial charge >= 0.3 is 6.18 Å². The lowest BCUT2D eigenvalue weighted by molar-refractivity contribution is -0.137. The molecule has 0 unspecified atom stereocenters. The van der Waals surface area contributed by atoms with Crippen molar-refractivity contribution in [3.63, 3.8) is 0 Å². The standard InChI is InChI=1S/C10H9F3N2OS2/c1-3(2)5-4(10(11,12)13)7-6(8(16)14-5)15-9(17)18-7/h3H,1-2H3,(H,14,16)(H,15,17). The number of alkyl halides is 3. The zero-order valence-corrected chi connectivity index (χ0v) is 11.1. The summed E-state index contributed by atoms with van der Waals surface area (Å²) in [4.78, 5) is 17.7. The fourth-order valence-corrected chi connectivity index (χ4v) is 2.97. The van der Waals surface area contributed by atoms with Crippen LogP contribution in [-0.4, -0.2) is 9.97 Å². The van der Waals surface area contributed by atoms with E-state index in [2.05, 4.69) is 22.6 Å². The molecule has 0 radical (unpaired) electrons. The minimum Gasteiger partial charge on any atom is -0.323 e. The van der Waals surface area contributed by atoms with Gasteiger partial charge in [0.15, 0.2) is 0 Å². The van der Waals surface area contributed by atoms with E-state index in [4.69, 9.17) is 0 Å². The summed E-state index contributed by atoms with van der Waals surface area (Å²) in [5.74, 6) is -0.441. The number of aromatic nitrogens is 2. The topological polar surface area (TPSA) is 45.8 Å². The summed E-state index contributed by atoms with van der Waals surface area (Å²) in [6, 6.07) is 0. The van der Waals surface area contributed by atoms with E-state index >= 15 is 0 Å². The van der Waals surface area contributed by atoms with E-state index in [1.807, 2.05) is 0 Å². The Morgan fingerprint density at radius 3 is 2.50 bits per heavy atom. The number of hydrogen-bond donors (Lipinski definition) is 2. The van der Waals surface area contributed by atoms with Crippen LogP contribution in [0.4, 0.5) is 13.2 Å². The number of nitrogens with one attached hydrogen (secondary N) is 1. The van der Waals surface area contributed by atoms with Crippen LogP contribution in [0.3, 0.4) is 0 Å². The van der Waals surface area contributed by atoms with Crippen molar-refractivity contribution in [2.45, 2.75) is 30.3 Å². The van der Waals surface area contributed by atoms with Gasteiger partial charge in [0.1, 0.15) is 9.86 Å². The molecule has 0 aromatic carbocycles. The third-order valence-corrected chi connectivity index (χ3v) is 3.69. The molecule has 2 heterocycles. The van der Waals surface area contributed by atoms with Crippen molar-refractivity contribution in [1.82, 2.24) is 9.97 Å². The van der Waals surface area contributed by atoms with Crippen LogP contribution in [0.15, 0.2) is 9.13 Å². The van der Waals surface area contributed by atoms with Gasteiger partial charge in [-0.3, -0.25) is 4.79 Å². The van der Waals surface area contributed by atoms with Crippen LogP contribution < -0.4 is 5.56 Å². The highest BCUT2D eigenvalue weighted by Gasteiger charge is 2.38. The van der Waals surface area contributed by atoms with Crippen LogP contribution in [0, 0.1) is 0 Å². The number of hydrogen-bond acceptors (Lipinski definition) is 4. The van der Waals surface area contributed by atoms with Crippen LogP contribution >= 0.6 is 24.0 Å². The number of thiol groups is 1. The zero-order valence-electron chi connectivity index (χ0n) is 9.42. The number of pyridine rings is 1. The van der Waals surface area contributed by atoms with Crippen molar-refractivity contribution in [3.05, 3.63) is 21.6 Å². The van der Waals surface area contributed by atoms with Gasteiger partial charge < -0.3 is 4.98 Å². The molecule has 18 heavy (non-hydrogen) atoms. The van der Waals surface area contributed by atoms with Crippen molar-refractivity contribution in [2.75, 3.05) is 0 Å². The Morgan fingerprint density at radius 1 is 1.39 bits per heavy atom. The van der Waals surface area contributed by atoms with E-state index in [1.165, 1.54) is 0 Å². The second-order valence-electron chi connectivity index (χ2n) is 4.07. The highest BCUT2D eigenvalue weighted by atomic mass is 32.2. The van der Waals surface area contributed by atoms with Crippen molar-refractivity contribution < 1.29 is 13.2 Å². The Kier molecular flexibility index (Phi) is 3.18. The van der Waals surface area contributed by atoms with E-state index in [0.717, 1.165) is 11.3 Å². The van der Waals surface area contributed by atoms with Gasteiger partial charge in [-0.1, -0.05) is 13.8 Å². The average Bonchev–Trinajstić information content (AvgIpc) is 2.57. The summed E-state index contributed by atoms with van der Waals surface area (Å²) in [7, 11) is 0. The molecule has 2 aromatic rings. The largest absolute Gasteiger partial charge is 0.419 e. The predicted octanol–water partition coefficient (Wildman–Crippen LogP) is 3.42. The molecule has 8 heteroatoms. The Hall–Kier alpha value is -1.02. The summed E-state index contributed by atoms with van der Waals surface area (Å²) in [6.45, 7) is 3.18. The average molecular weight is 294 g/mol. The molecule has 0 fully saturated rings. The van der Waals surface area contributed by atoms with Gasteiger partial charge in [0.25, 0.3) is 5.56 Å². The Labute approximate surface area is 109 Å². The quantitative estimate of drug-likeness (QED) is 0.792. The van der Waals surface area contributed by atoms with Crippen LogP contribution in [0.25, 0.3) is 10.2 Å². The monoisotopic (exact) mass is 294 g/mol. The molecule has 0 atom stereocenters. The first-order valence-electron chi connectivity index (χ1n) is 5.04. The molecular formula is C10H9F3N2OS2. The molecule has 0 aliphatic heterocycles. The predicted molar refractivity (Wildman–Crippen MR) is 66.6 cm³/mol. The van der Waals surface area contributed by atoms with Crippen molar-refractivity contribution in [1.29, 1.82) is 0 Å². The number of halogens is 3. The number of aromatic amines is 1. The maximum atomic E-state index is 13.1. The highest BCUT2D eigenvalue weighted by molar-refractivity contribution is 7.82. The van der Waals surface area contributed by atoms with Crippen molar-refractivity contribution >= 4 is 34.2 Å². The molecule has 3 nitrogen and oxygen atoms in total. The van der Waals surface area contributed by atoms with Crippen LogP contribution in [0.5, 0.6) is 0 Å². The molecule has 98 valence electrons. The first-order valence-corrected chi connectivity index (χ1v) is 6.31. The number of rotatable bonds is 1. The number of nitrogens with zero attached hydrogens (tertiary/aromatic N) is 1. The third-order valence-electron chi connectivity index (χ3n) is 2.44. The number of fused-ring (bicyclic) bond motifs is 1. The lowest BCUT2D eigenvalue weighted by atomic mass is 10.0. The smallest absolute Gasteiger partial charge is 0.323 e. The second kappa shape index (κ2) is 4.27. The van der Waals surface area contributed by atoms with E-state index in [1.54, 1.807) is 13.8 Å². The fourth-order valence-electron chi connectivity index (χ4n) is 1.71. The summed E-state index contributed by atoms with van der Waals surface area (Å²) < 4.78 is 39.3. The highest BCUT2D eigenvalue weighted by Crippen LogP contribution is 2.40. The molecule has 1 N–H and O–H groups in total. The zero-order chi connectivity index (χ0) is 13.7. The van der Waals surface area contributed by atoms with Gasteiger partial charge in [0, 0.05) is 5.69 Å². The van der Waals surface area contributed by atoms with Gasteiger partial charge in [-0.05, 0) is 5.92 Å². The van der Waals surface area contributed by atoms with E-state index in [-0.39, 0.29) is 20.3 Å². The molecule has 0 spiro atoms. The van der Waals surface area contributed by atoms with Crippen molar-refractivity contribution in [3.8, 4) is 0 Å². The summed E-state index contributed by atoms with van der Waals surface area (Å²) in [5.41, 5.74) is -1.75. The van der Waals surface area contributed by atoms with Gasteiger partial charge in [-0.2, -0.15) is 13.2 Å². The Balaban J connectivity index is 2.97. The number of H-pyrrole nitrogens is 1. The van der Waals surface area contributed by atoms with Crippen LogP contribution in [-0.2, 0) is 6.18 Å². The SMILES string of the molecule is CC(C)c1[nH]c(=O)c2nc(S)sc2c1C(F)(F)F. The normalized spacial score (nSPS) is 12.6. The van der Waals surface area contributed by atoms with Crippen LogP contribution in [0.1, 0.15) is 31.0 Å². The summed E-state index contributed by atoms with van der Waals surface area (Å²) in [5, 5.41) is 0. The summed E-state index contributed by atoms with van der Waals surface area (Å²) in [6.07, 6.45) is -4.53. The third kappa shape index (κ3) is 2.14. The molecule has 2 aromatic heterocycles. The molecule has 0 bridgehead atoms. The van der Waals surface area contributed by atoms with E-state index in [0.29, 0.717) is 0 Å². The van der Waals surface area contributed by atoms with Gasteiger partial charge in [-0.15, -0.1) is 24.0 Å². The maximum Gasteiger partial charge on any atom is 0.419 e. The lowest BCUT2D eigenvalue weighted by Gasteiger charge is -2.15. The van der Waals surface area contributed by atoms with Gasteiger partial charge in [0.2, 0.25) is 0 Å². The van der Waals surface area contributed by atoms with Gasteiger partial charge in [-0.25, -0.2) is 4.98 Å². The lowest BCUT2D eigenvalue weighted by Crippen LogP contribution is -2.19. The second-order valence-corrected chi connectivity index (χ2v) is 5.79. The van der Waals surface area contributed by atoms with E-state index in [9.17, 15) is 18.0 Å². The molecule has 0 aliphatic rings. The molecule has 0 saturated carbocycles. The molecular weight excluding hydrogens is 285 g/mol. The van der Waals surface area contributed by atoms with Gasteiger partial charge in [0.05, 0.1) is 10.3 Å². The molecule has 0 saturated heterocycles. The summed E-state index contributed by atoms with van der Waals surface area (Å²) >= 11 is 4.67.